The van der Waals surface area contributed by atoms with Crippen molar-refractivity contribution in [3.8, 4) is 5.75 Å². The molecular weight excluding hydrogens is 272 g/mol. The zero-order chi connectivity index (χ0) is 15.5. The van der Waals surface area contributed by atoms with Crippen molar-refractivity contribution in [3.63, 3.8) is 0 Å². The van der Waals surface area contributed by atoms with E-state index >= 15 is 0 Å². The molecule has 0 aromatic heterocycles. The van der Waals surface area contributed by atoms with Crippen molar-refractivity contribution in [1.82, 2.24) is 5.32 Å². The molecule has 1 atom stereocenters. The van der Waals surface area contributed by atoms with Gasteiger partial charge in [0.05, 0.1) is 10.5 Å². The third-order valence-corrected chi connectivity index (χ3v) is 3.71. The highest BCUT2D eigenvalue weighted by molar-refractivity contribution is 5.44. The number of nitrogens with one attached hydrogen (secondary N) is 1. The Labute approximate surface area is 124 Å². The van der Waals surface area contributed by atoms with Crippen molar-refractivity contribution in [2.45, 2.75) is 51.3 Å². The number of hydrogen-bond donors (Lipinski definition) is 2. The van der Waals surface area contributed by atoms with E-state index in [9.17, 15) is 15.2 Å². The maximum atomic E-state index is 10.9. The van der Waals surface area contributed by atoms with Gasteiger partial charge in [0.1, 0.15) is 12.4 Å². The van der Waals surface area contributed by atoms with Crippen LogP contribution in [-0.4, -0.2) is 28.3 Å². The molecule has 116 valence electrons. The van der Waals surface area contributed by atoms with Gasteiger partial charge < -0.3 is 15.2 Å². The average Bonchev–Trinajstić information content (AvgIpc) is 3.27. The molecule has 0 spiro atoms. The van der Waals surface area contributed by atoms with Crippen LogP contribution in [0.1, 0.15) is 38.7 Å². The minimum atomic E-state index is -0.900. The van der Waals surface area contributed by atoms with E-state index in [1.807, 2.05) is 6.92 Å². The molecule has 1 unspecified atom stereocenters. The molecule has 0 radical (unpaired) electrons. The van der Waals surface area contributed by atoms with Gasteiger partial charge >= 0.3 is 0 Å². The Morgan fingerprint density at radius 2 is 2.24 bits per heavy atom. The van der Waals surface area contributed by atoms with Gasteiger partial charge in [0.15, 0.2) is 0 Å². The van der Waals surface area contributed by atoms with Crippen LogP contribution < -0.4 is 10.1 Å². The molecule has 1 aromatic rings. The fraction of sp³-hybridized carbons (Fsp3) is 0.600. The molecule has 1 aromatic carbocycles. The lowest BCUT2D eigenvalue weighted by Crippen LogP contribution is -2.31. The van der Waals surface area contributed by atoms with Gasteiger partial charge in [-0.05, 0) is 32.3 Å². The van der Waals surface area contributed by atoms with E-state index in [1.54, 1.807) is 13.0 Å². The summed E-state index contributed by atoms with van der Waals surface area (Å²) in [6, 6.07) is 5.08. The number of nitro groups is 1. The van der Waals surface area contributed by atoms with Crippen LogP contribution in [0.4, 0.5) is 5.69 Å². The number of ether oxygens (including phenoxy) is 1. The lowest BCUT2D eigenvalue weighted by atomic mass is 10.1. The fourth-order valence-corrected chi connectivity index (χ4v) is 1.84. The Bertz CT molecular complexity index is 512. The molecule has 2 rings (SSSR count). The highest BCUT2D eigenvalue weighted by Gasteiger charge is 2.23. The Hall–Kier alpha value is -1.66. The normalized spacial score (nSPS) is 17.3. The summed E-state index contributed by atoms with van der Waals surface area (Å²) in [4.78, 5) is 10.5. The van der Waals surface area contributed by atoms with Gasteiger partial charge in [-0.2, -0.15) is 0 Å². The van der Waals surface area contributed by atoms with E-state index in [4.69, 9.17) is 4.74 Å². The van der Waals surface area contributed by atoms with Gasteiger partial charge in [0.2, 0.25) is 0 Å². The van der Waals surface area contributed by atoms with Gasteiger partial charge in [-0.3, -0.25) is 10.1 Å². The van der Waals surface area contributed by atoms with E-state index in [2.05, 4.69) is 5.32 Å². The second kappa shape index (κ2) is 6.41. The summed E-state index contributed by atoms with van der Waals surface area (Å²) in [5, 5.41) is 24.2. The van der Waals surface area contributed by atoms with Crippen molar-refractivity contribution in [1.29, 1.82) is 0 Å². The molecule has 0 saturated heterocycles. The van der Waals surface area contributed by atoms with Gasteiger partial charge in [-0.1, -0.05) is 6.92 Å². The van der Waals surface area contributed by atoms with Crippen LogP contribution in [-0.2, 0) is 6.54 Å². The Morgan fingerprint density at radius 1 is 1.52 bits per heavy atom. The number of rotatable bonds is 8. The first kappa shape index (κ1) is 15.7. The number of benzene rings is 1. The van der Waals surface area contributed by atoms with Gasteiger partial charge in [0, 0.05) is 30.3 Å². The summed E-state index contributed by atoms with van der Waals surface area (Å²) in [6.07, 6.45) is 2.88. The first-order valence-corrected chi connectivity index (χ1v) is 7.27. The topological polar surface area (TPSA) is 84.6 Å². The van der Waals surface area contributed by atoms with Crippen molar-refractivity contribution < 1.29 is 14.8 Å². The summed E-state index contributed by atoms with van der Waals surface area (Å²) in [5.41, 5.74) is -0.0941. The highest BCUT2D eigenvalue weighted by atomic mass is 16.6. The monoisotopic (exact) mass is 294 g/mol. The van der Waals surface area contributed by atoms with E-state index in [-0.39, 0.29) is 12.3 Å². The smallest absolute Gasteiger partial charge is 0.270 e. The SMILES string of the molecule is CCC(C)(O)COc1ccc([N+](=O)[O-])cc1CNC1CC1. The predicted molar refractivity (Wildman–Crippen MR) is 79.4 cm³/mol. The van der Waals surface area contributed by atoms with Crippen LogP contribution in [0.15, 0.2) is 18.2 Å². The van der Waals surface area contributed by atoms with E-state index in [0.717, 1.165) is 18.4 Å². The minimum Gasteiger partial charge on any atom is -0.490 e. The standard InChI is InChI=1S/C15H22N2O4/c1-3-15(2,18)10-21-14-7-6-13(17(19)20)8-11(14)9-16-12-4-5-12/h6-8,12,16,18H,3-5,9-10H2,1-2H3. The molecule has 0 aliphatic heterocycles. The highest BCUT2D eigenvalue weighted by Crippen LogP contribution is 2.27. The summed E-state index contributed by atoms with van der Waals surface area (Å²) in [7, 11) is 0. The molecule has 6 nitrogen and oxygen atoms in total. The molecule has 0 amide bonds. The van der Waals surface area contributed by atoms with E-state index < -0.39 is 10.5 Å². The summed E-state index contributed by atoms with van der Waals surface area (Å²) in [5.74, 6) is 0.586. The zero-order valence-electron chi connectivity index (χ0n) is 12.5. The first-order valence-electron chi connectivity index (χ1n) is 7.27. The summed E-state index contributed by atoms with van der Waals surface area (Å²) >= 11 is 0. The number of hydrogen-bond acceptors (Lipinski definition) is 5. The summed E-state index contributed by atoms with van der Waals surface area (Å²) in [6.45, 7) is 4.29. The molecule has 2 N–H and O–H groups in total. The van der Waals surface area contributed by atoms with Gasteiger partial charge in [-0.15, -0.1) is 0 Å². The second-order valence-corrected chi connectivity index (χ2v) is 5.84. The fourth-order valence-electron chi connectivity index (χ4n) is 1.84. The molecule has 1 fully saturated rings. The maximum absolute atomic E-state index is 10.9. The molecule has 6 heteroatoms. The van der Waals surface area contributed by atoms with Crippen molar-refractivity contribution in [2.75, 3.05) is 6.61 Å². The Balaban J connectivity index is 2.11. The van der Waals surface area contributed by atoms with Crippen LogP contribution in [0.2, 0.25) is 0 Å². The Kier molecular flexibility index (Phi) is 4.80. The van der Waals surface area contributed by atoms with Crippen molar-refractivity contribution in [2.24, 2.45) is 0 Å². The van der Waals surface area contributed by atoms with Crippen molar-refractivity contribution in [3.05, 3.63) is 33.9 Å². The lowest BCUT2D eigenvalue weighted by Gasteiger charge is -2.22. The minimum absolute atomic E-state index is 0.0530. The first-order chi connectivity index (χ1) is 9.91. The summed E-state index contributed by atoms with van der Waals surface area (Å²) < 4.78 is 5.67. The van der Waals surface area contributed by atoms with E-state index in [0.29, 0.717) is 24.8 Å². The molecule has 1 aliphatic carbocycles. The molecule has 21 heavy (non-hydrogen) atoms. The van der Waals surface area contributed by atoms with E-state index in [1.165, 1.54) is 12.1 Å². The number of non-ortho nitro benzene ring substituents is 1. The molecular formula is C15H22N2O4. The van der Waals surface area contributed by atoms with Gasteiger partial charge in [0.25, 0.3) is 5.69 Å². The maximum Gasteiger partial charge on any atom is 0.270 e. The van der Waals surface area contributed by atoms with Gasteiger partial charge in [-0.25, -0.2) is 0 Å². The third-order valence-electron chi connectivity index (χ3n) is 3.71. The Morgan fingerprint density at radius 3 is 2.81 bits per heavy atom. The average molecular weight is 294 g/mol. The lowest BCUT2D eigenvalue weighted by molar-refractivity contribution is -0.384. The molecule has 1 saturated carbocycles. The van der Waals surface area contributed by atoms with Crippen LogP contribution in [0.5, 0.6) is 5.75 Å². The quantitative estimate of drug-likeness (QED) is 0.568. The number of nitrogens with zero attached hydrogens (tertiary/aromatic N) is 1. The molecule has 0 heterocycles. The largest absolute Gasteiger partial charge is 0.490 e. The second-order valence-electron chi connectivity index (χ2n) is 5.84. The zero-order valence-corrected chi connectivity index (χ0v) is 12.5. The molecule has 1 aliphatic rings. The predicted octanol–water partition coefficient (Wildman–Crippen LogP) is 2.39. The number of nitro benzene ring substituents is 1. The van der Waals surface area contributed by atoms with Crippen molar-refractivity contribution >= 4 is 5.69 Å². The molecule has 0 bridgehead atoms. The number of aliphatic hydroxyl groups is 1. The van der Waals surface area contributed by atoms with Crippen LogP contribution in [0.25, 0.3) is 0 Å². The van der Waals surface area contributed by atoms with Crippen LogP contribution in [0.3, 0.4) is 0 Å². The third kappa shape index (κ3) is 4.68. The van der Waals surface area contributed by atoms with Crippen LogP contribution >= 0.6 is 0 Å². The van der Waals surface area contributed by atoms with Crippen LogP contribution in [0, 0.1) is 10.1 Å².